The molecule has 1 amide bonds. The lowest BCUT2D eigenvalue weighted by Crippen LogP contribution is -2.34. The van der Waals surface area contributed by atoms with Gasteiger partial charge in [-0.05, 0) is 51.8 Å². The Morgan fingerprint density at radius 2 is 1.87 bits per heavy atom. The van der Waals surface area contributed by atoms with E-state index in [9.17, 15) is 4.79 Å². The Labute approximate surface area is 182 Å². The molecule has 31 heavy (non-hydrogen) atoms. The largest absolute Gasteiger partial charge is 0.494 e. The highest BCUT2D eigenvalue weighted by molar-refractivity contribution is 5.69. The summed E-state index contributed by atoms with van der Waals surface area (Å²) in [6, 6.07) is 5.68. The van der Waals surface area contributed by atoms with Crippen LogP contribution in [0.4, 0.5) is 10.6 Å². The maximum Gasteiger partial charge on any atom is 0.410 e. The zero-order valence-corrected chi connectivity index (χ0v) is 18.8. The first-order valence-corrected chi connectivity index (χ1v) is 10.3. The third-order valence-electron chi connectivity index (χ3n) is 4.66. The van der Waals surface area contributed by atoms with Crippen LogP contribution < -0.4 is 10.1 Å². The molecule has 4 rings (SSSR count). The average molecular weight is 427 g/mol. The number of anilines is 1. The molecule has 0 spiro atoms. The van der Waals surface area contributed by atoms with Crippen LogP contribution in [0.15, 0.2) is 36.8 Å². The predicted molar refractivity (Wildman–Crippen MR) is 119 cm³/mol. The van der Waals surface area contributed by atoms with Gasteiger partial charge in [0, 0.05) is 31.9 Å². The summed E-state index contributed by atoms with van der Waals surface area (Å²) in [4.78, 5) is 21.5. The molecule has 0 radical (unpaired) electrons. The first-order valence-electron chi connectivity index (χ1n) is 10.3. The molecule has 1 saturated heterocycles. The normalized spacial score (nSPS) is 13.5. The van der Waals surface area contributed by atoms with Crippen molar-refractivity contribution in [2.75, 3.05) is 32.6 Å². The zero-order chi connectivity index (χ0) is 22.4. The summed E-state index contributed by atoms with van der Waals surface area (Å²) in [6.45, 7) is 7.38. The molecule has 4 heterocycles. The van der Waals surface area contributed by atoms with Crippen molar-refractivity contribution >= 4 is 17.6 Å². The van der Waals surface area contributed by atoms with E-state index in [-0.39, 0.29) is 11.7 Å². The van der Waals surface area contributed by atoms with Crippen molar-refractivity contribution in [1.82, 2.24) is 24.5 Å². The van der Waals surface area contributed by atoms with E-state index in [4.69, 9.17) is 9.47 Å². The van der Waals surface area contributed by atoms with Gasteiger partial charge in [-0.25, -0.2) is 14.3 Å². The summed E-state index contributed by atoms with van der Waals surface area (Å²) < 4.78 is 12.3. The number of nitrogens with one attached hydrogen (secondary N) is 1. The molecule has 1 aliphatic rings. The Morgan fingerprint density at radius 3 is 2.52 bits per heavy atom. The van der Waals surface area contributed by atoms with Crippen LogP contribution in [0, 0.1) is 0 Å². The van der Waals surface area contributed by atoms with Gasteiger partial charge in [-0.2, -0.15) is 0 Å². The Morgan fingerprint density at radius 1 is 1.13 bits per heavy atom. The van der Waals surface area contributed by atoms with Crippen LogP contribution in [0.1, 0.15) is 33.6 Å². The Kier molecular flexibility index (Phi) is 6.94. The van der Waals surface area contributed by atoms with Gasteiger partial charge in [-0.3, -0.25) is 4.98 Å². The Bertz CT molecular complexity index is 1020. The monoisotopic (exact) mass is 426 g/mol. The smallest absolute Gasteiger partial charge is 0.410 e. The number of carbonyl (C=O) groups is 1. The number of pyridine rings is 1. The highest BCUT2D eigenvalue weighted by atomic mass is 16.6. The van der Waals surface area contributed by atoms with Crippen LogP contribution >= 0.6 is 0 Å². The van der Waals surface area contributed by atoms with E-state index < -0.39 is 0 Å². The van der Waals surface area contributed by atoms with Gasteiger partial charge in [0.25, 0.3) is 0 Å². The van der Waals surface area contributed by atoms with Crippen molar-refractivity contribution in [1.29, 1.82) is 0 Å². The van der Waals surface area contributed by atoms with Crippen LogP contribution in [0.3, 0.4) is 0 Å². The molecular weight excluding hydrogens is 396 g/mol. The minimum Gasteiger partial charge on any atom is -0.494 e. The summed E-state index contributed by atoms with van der Waals surface area (Å²) in [6.07, 6.45) is 7.23. The SMILES string of the molecule is CC(C)(C)OC(=O)N1CCCC1.CNc1ccc2ncc(-c3ccncc3OC)n2n1. The summed E-state index contributed by atoms with van der Waals surface area (Å²) in [5.74, 6) is 1.47. The number of nitrogens with zero attached hydrogens (tertiary/aromatic N) is 5. The van der Waals surface area contributed by atoms with Crippen molar-refractivity contribution in [3.05, 3.63) is 36.8 Å². The van der Waals surface area contributed by atoms with Gasteiger partial charge >= 0.3 is 6.09 Å². The number of rotatable bonds is 3. The summed E-state index contributed by atoms with van der Waals surface area (Å²) in [5, 5.41) is 7.49. The zero-order valence-electron chi connectivity index (χ0n) is 18.8. The molecule has 9 heteroatoms. The minimum absolute atomic E-state index is 0.167. The second kappa shape index (κ2) is 9.63. The number of methoxy groups -OCH3 is 1. The van der Waals surface area contributed by atoms with Gasteiger partial charge < -0.3 is 19.7 Å². The predicted octanol–water partition coefficient (Wildman–Crippen LogP) is 3.86. The number of fused-ring (bicyclic) bond motifs is 1. The number of carbonyl (C=O) groups excluding carboxylic acids is 1. The Hall–Kier alpha value is -3.36. The molecule has 1 N–H and O–H groups in total. The van der Waals surface area contributed by atoms with Gasteiger partial charge in [0.2, 0.25) is 0 Å². The van der Waals surface area contributed by atoms with Crippen LogP contribution in [0.25, 0.3) is 16.9 Å². The lowest BCUT2D eigenvalue weighted by molar-refractivity contribution is 0.0295. The quantitative estimate of drug-likeness (QED) is 0.680. The van der Waals surface area contributed by atoms with E-state index in [2.05, 4.69) is 20.4 Å². The van der Waals surface area contributed by atoms with Gasteiger partial charge in [0.1, 0.15) is 17.2 Å². The molecule has 0 saturated carbocycles. The third kappa shape index (κ3) is 5.62. The van der Waals surface area contributed by atoms with E-state index in [0.717, 1.165) is 48.7 Å². The van der Waals surface area contributed by atoms with E-state index in [1.54, 1.807) is 35.1 Å². The topological polar surface area (TPSA) is 93.9 Å². The summed E-state index contributed by atoms with van der Waals surface area (Å²) in [5.41, 5.74) is 2.20. The second-order valence-corrected chi connectivity index (χ2v) is 8.13. The molecule has 3 aromatic heterocycles. The van der Waals surface area contributed by atoms with E-state index in [1.807, 2.05) is 46.0 Å². The summed E-state index contributed by atoms with van der Waals surface area (Å²) in [7, 11) is 3.45. The standard InChI is InChI=1S/C13H13N5O.C9H17NO2/c1-14-12-3-4-13-16-7-10(18(13)17-12)9-5-6-15-8-11(9)19-2;1-9(2,3)12-8(11)10-6-4-5-7-10/h3-8H,1-2H3,(H,14,17);4-7H2,1-3H3. The van der Waals surface area contributed by atoms with Gasteiger partial charge in [-0.1, -0.05) is 0 Å². The van der Waals surface area contributed by atoms with Crippen LogP contribution in [-0.2, 0) is 4.74 Å². The molecule has 0 unspecified atom stereocenters. The van der Waals surface area contributed by atoms with Crippen molar-refractivity contribution in [3.63, 3.8) is 0 Å². The van der Waals surface area contributed by atoms with Crippen molar-refractivity contribution in [2.45, 2.75) is 39.2 Å². The average Bonchev–Trinajstić information content (AvgIpc) is 3.42. The number of aromatic nitrogens is 4. The number of amides is 1. The molecule has 1 aliphatic heterocycles. The number of hydrogen-bond donors (Lipinski definition) is 1. The molecule has 9 nitrogen and oxygen atoms in total. The Balaban J connectivity index is 0.000000196. The maximum atomic E-state index is 11.4. The summed E-state index contributed by atoms with van der Waals surface area (Å²) >= 11 is 0. The van der Waals surface area contributed by atoms with E-state index in [0.29, 0.717) is 5.75 Å². The first-order chi connectivity index (χ1) is 14.8. The second-order valence-electron chi connectivity index (χ2n) is 8.13. The number of likely N-dealkylation sites (tertiary alicyclic amines) is 1. The van der Waals surface area contributed by atoms with Crippen LogP contribution in [0.5, 0.6) is 5.75 Å². The fourth-order valence-electron chi connectivity index (χ4n) is 3.17. The highest BCUT2D eigenvalue weighted by Gasteiger charge is 2.23. The van der Waals surface area contributed by atoms with Crippen molar-refractivity contribution in [2.24, 2.45) is 0 Å². The lowest BCUT2D eigenvalue weighted by atomic mass is 10.2. The molecule has 1 fully saturated rings. The van der Waals surface area contributed by atoms with Crippen LogP contribution in [0.2, 0.25) is 0 Å². The minimum atomic E-state index is -0.361. The van der Waals surface area contributed by atoms with Gasteiger partial charge in [0.15, 0.2) is 5.65 Å². The van der Waals surface area contributed by atoms with Crippen LogP contribution in [-0.4, -0.2) is 63.4 Å². The number of imidazole rings is 1. The fourth-order valence-corrected chi connectivity index (χ4v) is 3.17. The molecular formula is C22H30N6O3. The third-order valence-corrected chi connectivity index (χ3v) is 4.66. The first kappa shape index (κ1) is 22.3. The molecule has 0 aromatic carbocycles. The van der Waals surface area contributed by atoms with Crippen molar-refractivity contribution in [3.8, 4) is 17.0 Å². The molecule has 0 atom stereocenters. The highest BCUT2D eigenvalue weighted by Crippen LogP contribution is 2.29. The molecule has 0 aliphatic carbocycles. The van der Waals surface area contributed by atoms with Crippen molar-refractivity contribution < 1.29 is 14.3 Å². The van der Waals surface area contributed by atoms with Gasteiger partial charge in [0.05, 0.1) is 25.2 Å². The molecule has 3 aromatic rings. The van der Waals surface area contributed by atoms with E-state index >= 15 is 0 Å². The lowest BCUT2D eigenvalue weighted by Gasteiger charge is -2.23. The number of hydrogen-bond acceptors (Lipinski definition) is 7. The number of ether oxygens (including phenoxy) is 2. The van der Waals surface area contributed by atoms with E-state index in [1.165, 1.54) is 0 Å². The maximum absolute atomic E-state index is 11.4. The van der Waals surface area contributed by atoms with Gasteiger partial charge in [-0.15, -0.1) is 5.10 Å². The molecule has 166 valence electrons. The molecule has 0 bridgehead atoms. The fraction of sp³-hybridized carbons (Fsp3) is 0.455.